The Morgan fingerprint density at radius 2 is 1.75 bits per heavy atom. The minimum Gasteiger partial charge on any atom is -0.486 e. The van der Waals surface area contributed by atoms with Gasteiger partial charge in [-0.15, -0.1) is 0 Å². The number of anilines is 1. The number of sulfonamides is 1. The summed E-state index contributed by atoms with van der Waals surface area (Å²) in [6, 6.07) is 9.83. The third kappa shape index (κ3) is 3.57. The summed E-state index contributed by atoms with van der Waals surface area (Å²) in [6.07, 6.45) is 0.122. The van der Waals surface area contributed by atoms with Crippen LogP contribution in [0, 0.1) is 13.8 Å². The minimum atomic E-state index is -3.79. The highest BCUT2D eigenvalue weighted by Gasteiger charge is 2.34. The summed E-state index contributed by atoms with van der Waals surface area (Å²) in [5.74, 6) is 0.841. The summed E-state index contributed by atoms with van der Waals surface area (Å²) >= 11 is 0. The third-order valence-corrected chi connectivity index (χ3v) is 6.59. The molecule has 2 aromatic rings. The number of carbonyl (C=O) groups excluding carboxylic acids is 1. The zero-order chi connectivity index (χ0) is 19.9. The van der Waals surface area contributed by atoms with E-state index in [9.17, 15) is 13.2 Å². The quantitative estimate of drug-likeness (QED) is 0.847. The average Bonchev–Trinajstić information content (AvgIpc) is 3.03. The molecule has 1 N–H and O–H groups in total. The van der Waals surface area contributed by atoms with E-state index in [2.05, 4.69) is 4.72 Å². The zero-order valence-corrected chi connectivity index (χ0v) is 16.6. The van der Waals surface area contributed by atoms with Gasteiger partial charge in [-0.1, -0.05) is 6.07 Å². The number of fused-ring (bicyclic) bond motifs is 1. The summed E-state index contributed by atoms with van der Waals surface area (Å²) in [4.78, 5) is 14.2. The van der Waals surface area contributed by atoms with Crippen molar-refractivity contribution in [2.45, 2.75) is 31.2 Å². The van der Waals surface area contributed by atoms with Crippen LogP contribution in [-0.4, -0.2) is 40.1 Å². The van der Waals surface area contributed by atoms with Gasteiger partial charge >= 0.3 is 0 Å². The Bertz CT molecular complexity index is 1030. The number of hydrogen-bond donors (Lipinski definition) is 1. The molecule has 2 heterocycles. The van der Waals surface area contributed by atoms with Gasteiger partial charge in [0.15, 0.2) is 11.5 Å². The maximum atomic E-state index is 12.8. The first-order chi connectivity index (χ1) is 13.3. The topological polar surface area (TPSA) is 84.9 Å². The van der Waals surface area contributed by atoms with Gasteiger partial charge in [0.2, 0.25) is 15.9 Å². The van der Waals surface area contributed by atoms with Gasteiger partial charge in [0.05, 0.1) is 4.90 Å². The molecule has 148 valence electrons. The Labute approximate surface area is 164 Å². The number of benzene rings is 2. The van der Waals surface area contributed by atoms with E-state index in [1.807, 2.05) is 32.0 Å². The average molecular weight is 402 g/mol. The molecule has 1 atom stereocenters. The molecule has 2 aliphatic rings. The molecule has 0 radical (unpaired) electrons. The van der Waals surface area contributed by atoms with Crippen molar-refractivity contribution in [3.05, 3.63) is 47.5 Å². The molecule has 2 aliphatic heterocycles. The number of ether oxygens (including phenoxy) is 2. The molecule has 0 unspecified atom stereocenters. The van der Waals surface area contributed by atoms with E-state index in [4.69, 9.17) is 9.47 Å². The van der Waals surface area contributed by atoms with Crippen molar-refractivity contribution in [2.24, 2.45) is 0 Å². The Kier molecular flexibility index (Phi) is 4.76. The van der Waals surface area contributed by atoms with Gasteiger partial charge in [-0.05, 0) is 49.2 Å². The van der Waals surface area contributed by atoms with Crippen LogP contribution in [-0.2, 0) is 14.8 Å². The molecule has 0 bridgehead atoms. The van der Waals surface area contributed by atoms with Crippen molar-refractivity contribution in [2.75, 3.05) is 24.7 Å². The lowest BCUT2D eigenvalue weighted by Crippen LogP contribution is -2.37. The zero-order valence-electron chi connectivity index (χ0n) is 15.8. The van der Waals surface area contributed by atoms with Crippen LogP contribution in [0.3, 0.4) is 0 Å². The van der Waals surface area contributed by atoms with Gasteiger partial charge in [-0.2, -0.15) is 0 Å². The number of aryl methyl sites for hydroxylation is 2. The van der Waals surface area contributed by atoms with Crippen LogP contribution < -0.4 is 19.1 Å². The Morgan fingerprint density at radius 3 is 2.50 bits per heavy atom. The summed E-state index contributed by atoms with van der Waals surface area (Å²) in [7, 11) is -3.79. The smallest absolute Gasteiger partial charge is 0.241 e. The first-order valence-corrected chi connectivity index (χ1v) is 10.6. The number of carbonyl (C=O) groups is 1. The lowest BCUT2D eigenvalue weighted by molar-refractivity contribution is -0.117. The number of rotatable bonds is 4. The van der Waals surface area contributed by atoms with Gasteiger partial charge in [0, 0.05) is 30.8 Å². The van der Waals surface area contributed by atoms with Gasteiger partial charge in [0.25, 0.3) is 0 Å². The molecule has 28 heavy (non-hydrogen) atoms. The molecule has 1 amide bonds. The molecule has 4 rings (SSSR count). The van der Waals surface area contributed by atoms with Gasteiger partial charge < -0.3 is 14.4 Å². The standard InChI is InChI=1S/C20H22N2O5S/c1-13-3-4-16(9-14(13)2)22-12-15(10-20(22)23)21-28(24,25)17-5-6-18-19(11-17)27-8-7-26-18/h3-6,9,11,15,21H,7-8,10,12H2,1-2H3/t15-/m1/s1. The molecule has 1 saturated heterocycles. The second-order valence-corrected chi connectivity index (χ2v) is 8.81. The van der Waals surface area contributed by atoms with Crippen molar-refractivity contribution in [3.8, 4) is 11.5 Å². The van der Waals surface area contributed by atoms with E-state index >= 15 is 0 Å². The molecule has 2 aromatic carbocycles. The van der Waals surface area contributed by atoms with E-state index in [0.717, 1.165) is 16.8 Å². The van der Waals surface area contributed by atoms with Crippen molar-refractivity contribution in [3.63, 3.8) is 0 Å². The molecule has 8 heteroatoms. The van der Waals surface area contributed by atoms with Gasteiger partial charge in [-0.25, -0.2) is 13.1 Å². The van der Waals surface area contributed by atoms with E-state index in [-0.39, 0.29) is 17.2 Å². The largest absolute Gasteiger partial charge is 0.486 e. The van der Waals surface area contributed by atoms with Gasteiger partial charge in [-0.3, -0.25) is 4.79 Å². The number of nitrogens with one attached hydrogen (secondary N) is 1. The van der Waals surface area contributed by atoms with Crippen molar-refractivity contribution >= 4 is 21.6 Å². The monoisotopic (exact) mass is 402 g/mol. The second-order valence-electron chi connectivity index (χ2n) is 7.10. The number of amides is 1. The molecular formula is C20H22N2O5S. The predicted octanol–water partition coefficient (Wildman–Crippen LogP) is 2.16. The van der Waals surface area contributed by atoms with E-state index in [0.29, 0.717) is 31.3 Å². The lowest BCUT2D eigenvalue weighted by atomic mass is 10.1. The third-order valence-electron chi connectivity index (χ3n) is 5.07. The molecule has 0 aromatic heterocycles. The maximum Gasteiger partial charge on any atom is 0.241 e. The van der Waals surface area contributed by atoms with Crippen molar-refractivity contribution < 1.29 is 22.7 Å². The molecule has 0 spiro atoms. The van der Waals surface area contributed by atoms with E-state index in [1.54, 1.807) is 11.0 Å². The maximum absolute atomic E-state index is 12.8. The summed E-state index contributed by atoms with van der Waals surface area (Å²) in [5, 5.41) is 0. The highest BCUT2D eigenvalue weighted by Crippen LogP contribution is 2.32. The fourth-order valence-electron chi connectivity index (χ4n) is 3.41. The fraction of sp³-hybridized carbons (Fsp3) is 0.350. The highest BCUT2D eigenvalue weighted by atomic mass is 32.2. The van der Waals surface area contributed by atoms with Crippen molar-refractivity contribution in [1.29, 1.82) is 0 Å². The molecule has 0 saturated carbocycles. The van der Waals surface area contributed by atoms with Crippen LogP contribution in [0.4, 0.5) is 5.69 Å². The van der Waals surface area contributed by atoms with E-state index in [1.165, 1.54) is 12.1 Å². The van der Waals surface area contributed by atoms with Crippen LogP contribution in [0.1, 0.15) is 17.5 Å². The first-order valence-electron chi connectivity index (χ1n) is 9.13. The lowest BCUT2D eigenvalue weighted by Gasteiger charge is -2.20. The van der Waals surface area contributed by atoms with Crippen LogP contribution in [0.5, 0.6) is 11.5 Å². The summed E-state index contributed by atoms with van der Waals surface area (Å²) < 4.78 is 39.1. The predicted molar refractivity (Wildman–Crippen MR) is 104 cm³/mol. The van der Waals surface area contributed by atoms with Crippen LogP contribution in [0.25, 0.3) is 0 Å². The number of hydrogen-bond acceptors (Lipinski definition) is 5. The molecule has 1 fully saturated rings. The van der Waals surface area contributed by atoms with Crippen LogP contribution in [0.15, 0.2) is 41.3 Å². The minimum absolute atomic E-state index is 0.0915. The number of nitrogens with zero attached hydrogens (tertiary/aromatic N) is 1. The van der Waals surface area contributed by atoms with E-state index < -0.39 is 16.1 Å². The Balaban J connectivity index is 1.51. The van der Waals surface area contributed by atoms with Gasteiger partial charge in [0.1, 0.15) is 13.2 Å². The summed E-state index contributed by atoms with van der Waals surface area (Å²) in [5.41, 5.74) is 3.02. The SMILES string of the molecule is Cc1ccc(N2C[C@H](NS(=O)(=O)c3ccc4c(c3)OCCO4)CC2=O)cc1C. The Hall–Kier alpha value is -2.58. The fourth-order valence-corrected chi connectivity index (χ4v) is 4.65. The molecule has 0 aliphatic carbocycles. The first kappa shape index (κ1) is 18.8. The second kappa shape index (κ2) is 7.10. The normalized spacial score (nSPS) is 19.1. The molecule has 7 nitrogen and oxygen atoms in total. The van der Waals surface area contributed by atoms with Crippen LogP contribution in [0.2, 0.25) is 0 Å². The Morgan fingerprint density at radius 1 is 1.00 bits per heavy atom. The van der Waals surface area contributed by atoms with Crippen molar-refractivity contribution in [1.82, 2.24) is 4.72 Å². The highest BCUT2D eigenvalue weighted by molar-refractivity contribution is 7.89. The summed E-state index contributed by atoms with van der Waals surface area (Å²) in [6.45, 7) is 5.11. The van der Waals surface area contributed by atoms with Crippen LogP contribution >= 0.6 is 0 Å². The molecular weight excluding hydrogens is 380 g/mol.